The first-order chi connectivity index (χ1) is 14.4. The van der Waals surface area contributed by atoms with E-state index in [0.29, 0.717) is 11.3 Å². The van der Waals surface area contributed by atoms with Gasteiger partial charge >= 0.3 is 6.03 Å². The number of carbonyl (C=O) groups is 2. The molecule has 3 amide bonds. The van der Waals surface area contributed by atoms with E-state index in [1.165, 1.54) is 30.1 Å². The third kappa shape index (κ3) is 4.61. The topological polar surface area (TPSA) is 131 Å². The van der Waals surface area contributed by atoms with E-state index in [-0.39, 0.29) is 11.4 Å². The lowest BCUT2D eigenvalue weighted by molar-refractivity contribution is -0.384. The Morgan fingerprint density at radius 1 is 1.10 bits per heavy atom. The number of nitrogens with zero attached hydrogens (tertiary/aromatic N) is 3. The summed E-state index contributed by atoms with van der Waals surface area (Å²) in [5.74, 6) is -0.228. The molecule has 0 bridgehead atoms. The van der Waals surface area contributed by atoms with E-state index in [0.717, 1.165) is 5.56 Å². The first-order valence-electron chi connectivity index (χ1n) is 8.96. The smallest absolute Gasteiger partial charge is 0.336 e. The molecule has 0 spiro atoms. The minimum atomic E-state index is -0.648. The molecule has 0 unspecified atom stereocenters. The number of hydrogen-bond donors (Lipinski definition) is 2. The summed E-state index contributed by atoms with van der Waals surface area (Å²) in [5, 5.41) is 14.6. The van der Waals surface area contributed by atoms with Crippen LogP contribution in [-0.2, 0) is 0 Å². The van der Waals surface area contributed by atoms with E-state index < -0.39 is 22.9 Å². The van der Waals surface area contributed by atoms with Crippen LogP contribution in [-0.4, -0.2) is 34.0 Å². The van der Waals surface area contributed by atoms with Crippen LogP contribution in [0.15, 0.2) is 65.2 Å². The Bertz CT molecular complexity index is 1070. The van der Waals surface area contributed by atoms with E-state index in [4.69, 9.17) is 4.52 Å². The van der Waals surface area contributed by atoms with Crippen molar-refractivity contribution in [2.24, 2.45) is 0 Å². The van der Waals surface area contributed by atoms with Crippen molar-refractivity contribution in [2.75, 3.05) is 7.05 Å². The minimum Gasteiger partial charge on any atom is -0.355 e. The van der Waals surface area contributed by atoms with Crippen LogP contribution in [0.2, 0.25) is 0 Å². The number of non-ortho nitro benzene ring substituents is 1. The fourth-order valence-electron chi connectivity index (χ4n) is 2.68. The second-order valence-corrected chi connectivity index (χ2v) is 6.47. The van der Waals surface area contributed by atoms with Crippen molar-refractivity contribution in [1.29, 1.82) is 0 Å². The molecule has 0 aliphatic carbocycles. The van der Waals surface area contributed by atoms with E-state index >= 15 is 0 Å². The summed E-state index contributed by atoms with van der Waals surface area (Å²) in [4.78, 5) is 36.3. The fraction of sp³-hybridized carbons (Fsp3) is 0.150. The number of nitrogens with one attached hydrogen (secondary N) is 2. The van der Waals surface area contributed by atoms with Crippen LogP contribution in [0.25, 0.3) is 11.3 Å². The molecule has 10 nitrogen and oxygen atoms in total. The van der Waals surface area contributed by atoms with Crippen LogP contribution in [0.5, 0.6) is 0 Å². The summed E-state index contributed by atoms with van der Waals surface area (Å²) in [7, 11) is 1.51. The number of urea groups is 1. The van der Waals surface area contributed by atoms with Crippen LogP contribution >= 0.6 is 0 Å². The molecule has 1 atom stereocenters. The first kappa shape index (κ1) is 20.5. The van der Waals surface area contributed by atoms with Crippen LogP contribution in [0, 0.1) is 10.1 Å². The molecule has 10 heteroatoms. The Kier molecular flexibility index (Phi) is 6.06. The first-order valence-corrected chi connectivity index (χ1v) is 8.96. The predicted molar refractivity (Wildman–Crippen MR) is 107 cm³/mol. The third-order valence-corrected chi connectivity index (χ3v) is 4.55. The summed E-state index contributed by atoms with van der Waals surface area (Å²) in [5.41, 5.74) is 5.84. The second-order valence-electron chi connectivity index (χ2n) is 6.47. The van der Waals surface area contributed by atoms with E-state index in [1.54, 1.807) is 19.1 Å². The molecular weight excluding hydrogens is 390 g/mol. The highest BCUT2D eigenvalue weighted by atomic mass is 16.6. The highest BCUT2D eigenvalue weighted by Gasteiger charge is 2.21. The third-order valence-electron chi connectivity index (χ3n) is 4.55. The van der Waals surface area contributed by atoms with Crippen LogP contribution in [0.3, 0.4) is 0 Å². The predicted octanol–water partition coefficient (Wildman–Crippen LogP) is 3.30. The van der Waals surface area contributed by atoms with Gasteiger partial charge in [-0.25, -0.2) is 10.2 Å². The number of nitro groups is 1. The molecule has 0 saturated carbocycles. The van der Waals surface area contributed by atoms with Crippen molar-refractivity contribution >= 4 is 17.6 Å². The molecule has 1 heterocycles. The van der Waals surface area contributed by atoms with Crippen molar-refractivity contribution in [2.45, 2.75) is 13.0 Å². The lowest BCUT2D eigenvalue weighted by atomic mass is 10.1. The van der Waals surface area contributed by atoms with Crippen LogP contribution in [0.1, 0.15) is 29.0 Å². The number of benzene rings is 2. The van der Waals surface area contributed by atoms with Gasteiger partial charge in [0.25, 0.3) is 11.6 Å². The maximum Gasteiger partial charge on any atom is 0.336 e. The quantitative estimate of drug-likeness (QED) is 0.491. The Morgan fingerprint density at radius 2 is 1.83 bits per heavy atom. The summed E-state index contributed by atoms with van der Waals surface area (Å²) < 4.78 is 5.16. The van der Waals surface area contributed by atoms with Crippen molar-refractivity contribution in [3.8, 4) is 11.3 Å². The molecule has 2 aromatic carbocycles. The molecule has 3 aromatic rings. The zero-order valence-electron chi connectivity index (χ0n) is 16.2. The lowest BCUT2D eigenvalue weighted by Crippen LogP contribution is -2.48. The Morgan fingerprint density at radius 3 is 2.53 bits per heavy atom. The molecule has 0 aliphatic rings. The van der Waals surface area contributed by atoms with Crippen molar-refractivity contribution in [3.63, 3.8) is 0 Å². The van der Waals surface area contributed by atoms with E-state index in [9.17, 15) is 19.7 Å². The second kappa shape index (κ2) is 8.86. The molecule has 0 saturated heterocycles. The van der Waals surface area contributed by atoms with Gasteiger partial charge in [0.2, 0.25) is 0 Å². The van der Waals surface area contributed by atoms with Gasteiger partial charge in [-0.05, 0) is 12.5 Å². The lowest BCUT2D eigenvalue weighted by Gasteiger charge is -2.25. The van der Waals surface area contributed by atoms with Gasteiger partial charge in [-0.2, -0.15) is 0 Å². The Labute approximate surface area is 171 Å². The van der Waals surface area contributed by atoms with Gasteiger partial charge in [-0.15, -0.1) is 0 Å². The number of aromatic nitrogens is 1. The SMILES string of the molecule is C[C@@H](c1cccc([N+](=O)[O-])c1)N(C)C(=O)NNC(=O)c1cc(-c2ccccc2)on1. The summed E-state index contributed by atoms with van der Waals surface area (Å²) in [6.07, 6.45) is 0. The maximum atomic E-state index is 12.4. The van der Waals surface area contributed by atoms with Gasteiger partial charge in [0, 0.05) is 30.8 Å². The number of hydrogen-bond acceptors (Lipinski definition) is 6. The van der Waals surface area contributed by atoms with E-state index in [1.807, 2.05) is 30.3 Å². The molecular formula is C20H19N5O5. The Hall–Kier alpha value is -4.21. The number of amides is 3. The number of carbonyl (C=O) groups excluding carboxylic acids is 2. The monoisotopic (exact) mass is 409 g/mol. The zero-order valence-corrected chi connectivity index (χ0v) is 16.2. The van der Waals surface area contributed by atoms with Gasteiger partial charge < -0.3 is 9.42 Å². The number of rotatable bonds is 5. The molecule has 0 fully saturated rings. The molecule has 154 valence electrons. The molecule has 1 aromatic heterocycles. The minimum absolute atomic E-state index is 0.00328. The molecule has 30 heavy (non-hydrogen) atoms. The van der Waals surface area contributed by atoms with Gasteiger partial charge in [0.1, 0.15) is 0 Å². The number of nitro benzene ring substituents is 1. The van der Waals surface area contributed by atoms with Crippen molar-refractivity contribution < 1.29 is 19.0 Å². The van der Waals surface area contributed by atoms with Gasteiger partial charge in [0.05, 0.1) is 11.0 Å². The highest BCUT2D eigenvalue weighted by molar-refractivity contribution is 5.94. The molecule has 0 radical (unpaired) electrons. The van der Waals surface area contributed by atoms with Gasteiger partial charge in [-0.1, -0.05) is 47.6 Å². The standard InChI is InChI=1S/C20H19N5O5/c1-13(15-9-6-10-16(11-15)25(28)29)24(2)20(27)22-21-19(26)17-12-18(30-23-17)14-7-4-3-5-8-14/h3-13H,1-2H3,(H,21,26)(H,22,27)/t13-/m0/s1. The van der Waals surface area contributed by atoms with Gasteiger partial charge in [0.15, 0.2) is 11.5 Å². The van der Waals surface area contributed by atoms with Crippen molar-refractivity contribution in [1.82, 2.24) is 20.9 Å². The number of hydrazine groups is 1. The highest BCUT2D eigenvalue weighted by Crippen LogP contribution is 2.23. The zero-order chi connectivity index (χ0) is 21.7. The van der Waals surface area contributed by atoms with Crippen LogP contribution < -0.4 is 10.9 Å². The van der Waals surface area contributed by atoms with Crippen LogP contribution in [0.4, 0.5) is 10.5 Å². The molecule has 2 N–H and O–H groups in total. The average molecular weight is 409 g/mol. The normalized spacial score (nSPS) is 11.4. The fourth-order valence-corrected chi connectivity index (χ4v) is 2.68. The largest absolute Gasteiger partial charge is 0.355 e. The Balaban J connectivity index is 1.59. The molecule has 0 aliphatic heterocycles. The average Bonchev–Trinajstić information content (AvgIpc) is 3.27. The van der Waals surface area contributed by atoms with Gasteiger partial charge in [-0.3, -0.25) is 20.3 Å². The summed E-state index contributed by atoms with van der Waals surface area (Å²) in [6, 6.07) is 15.5. The van der Waals surface area contributed by atoms with E-state index in [2.05, 4.69) is 16.0 Å². The molecule has 3 rings (SSSR count). The summed E-state index contributed by atoms with van der Waals surface area (Å²) in [6.45, 7) is 1.71. The summed E-state index contributed by atoms with van der Waals surface area (Å²) >= 11 is 0. The van der Waals surface area contributed by atoms with Crippen molar-refractivity contribution in [3.05, 3.63) is 82.0 Å². The maximum absolute atomic E-state index is 12.4.